The zero-order valence-electron chi connectivity index (χ0n) is 13.7. The number of nitro groups is 1. The van der Waals surface area contributed by atoms with Crippen molar-refractivity contribution in [1.29, 1.82) is 0 Å². The van der Waals surface area contributed by atoms with Crippen molar-refractivity contribution in [3.8, 4) is 11.3 Å². The molecule has 7 heteroatoms. The van der Waals surface area contributed by atoms with Crippen molar-refractivity contribution in [2.24, 2.45) is 0 Å². The Morgan fingerprint density at radius 2 is 1.88 bits per heavy atom. The molecule has 0 aliphatic carbocycles. The minimum absolute atomic E-state index is 0.0412. The molecule has 26 heavy (non-hydrogen) atoms. The Labute approximate surface area is 153 Å². The van der Waals surface area contributed by atoms with E-state index in [0.717, 1.165) is 0 Å². The first kappa shape index (κ1) is 17.6. The Morgan fingerprint density at radius 3 is 2.54 bits per heavy atom. The summed E-state index contributed by atoms with van der Waals surface area (Å²) in [5, 5.41) is 15.2. The van der Waals surface area contributed by atoms with Gasteiger partial charge < -0.3 is 4.52 Å². The van der Waals surface area contributed by atoms with E-state index >= 15 is 0 Å². The van der Waals surface area contributed by atoms with Gasteiger partial charge in [0, 0.05) is 22.7 Å². The number of aromatic nitrogens is 1. The molecule has 6 nitrogen and oxygen atoms in total. The van der Waals surface area contributed by atoms with E-state index in [-0.39, 0.29) is 11.5 Å². The van der Waals surface area contributed by atoms with Crippen molar-refractivity contribution in [3.05, 3.63) is 86.6 Å². The Morgan fingerprint density at radius 1 is 1.19 bits per heavy atom. The third-order valence-corrected chi connectivity index (χ3v) is 4.12. The first-order chi connectivity index (χ1) is 12.5. The van der Waals surface area contributed by atoms with Gasteiger partial charge in [0.2, 0.25) is 0 Å². The molecule has 0 spiro atoms. The van der Waals surface area contributed by atoms with Crippen LogP contribution >= 0.6 is 11.6 Å². The van der Waals surface area contributed by atoms with E-state index < -0.39 is 4.92 Å². The summed E-state index contributed by atoms with van der Waals surface area (Å²) in [6.45, 7) is 1.64. The number of allylic oxidation sites excluding steroid dienone is 1. The second-order valence-electron chi connectivity index (χ2n) is 5.49. The zero-order valence-corrected chi connectivity index (χ0v) is 14.4. The topological polar surface area (TPSA) is 86.2 Å². The van der Waals surface area contributed by atoms with E-state index in [2.05, 4.69) is 5.16 Å². The molecule has 0 unspecified atom stereocenters. The lowest BCUT2D eigenvalue weighted by Gasteiger charge is -2.00. The lowest BCUT2D eigenvalue weighted by molar-refractivity contribution is -0.384. The molecule has 0 saturated heterocycles. The van der Waals surface area contributed by atoms with Gasteiger partial charge in [-0.3, -0.25) is 14.9 Å². The predicted octanol–water partition coefficient (Wildman–Crippen LogP) is 5.11. The molecule has 0 N–H and O–H groups in total. The zero-order chi connectivity index (χ0) is 18.7. The quantitative estimate of drug-likeness (QED) is 0.270. The Kier molecular flexibility index (Phi) is 4.95. The maximum atomic E-state index is 12.6. The number of hydrogen-bond donors (Lipinski definition) is 0. The number of rotatable bonds is 5. The largest absolute Gasteiger partial charge is 0.360 e. The minimum Gasteiger partial charge on any atom is -0.360 e. The highest BCUT2D eigenvalue weighted by Gasteiger charge is 2.20. The van der Waals surface area contributed by atoms with Gasteiger partial charge in [0.1, 0.15) is 11.5 Å². The molecule has 0 aliphatic rings. The Bertz CT molecular complexity index is 1010. The summed E-state index contributed by atoms with van der Waals surface area (Å²) in [5.74, 6) is 0.0733. The highest BCUT2D eigenvalue weighted by atomic mass is 35.5. The fraction of sp³-hybridized carbons (Fsp3) is 0.0526. The Balaban J connectivity index is 1.93. The smallest absolute Gasteiger partial charge is 0.269 e. The van der Waals surface area contributed by atoms with Gasteiger partial charge in [0.15, 0.2) is 5.78 Å². The van der Waals surface area contributed by atoms with Crippen LogP contribution in [0.4, 0.5) is 5.69 Å². The van der Waals surface area contributed by atoms with Crippen LogP contribution < -0.4 is 0 Å². The molecular formula is C19H13ClN2O4. The number of nitrogens with zero attached hydrogens (tertiary/aromatic N) is 2. The molecule has 0 bridgehead atoms. The predicted molar refractivity (Wildman–Crippen MR) is 98.1 cm³/mol. The highest BCUT2D eigenvalue weighted by molar-refractivity contribution is 6.32. The van der Waals surface area contributed by atoms with Crippen LogP contribution in [0.5, 0.6) is 0 Å². The number of benzene rings is 2. The van der Waals surface area contributed by atoms with Crippen LogP contribution in [-0.4, -0.2) is 15.9 Å². The number of ketones is 1. The summed E-state index contributed by atoms with van der Waals surface area (Å²) < 4.78 is 5.16. The number of halogens is 1. The van der Waals surface area contributed by atoms with Crippen molar-refractivity contribution in [1.82, 2.24) is 5.16 Å². The monoisotopic (exact) mass is 368 g/mol. The molecule has 0 saturated carbocycles. The van der Waals surface area contributed by atoms with Gasteiger partial charge in [-0.2, -0.15) is 0 Å². The number of hydrogen-bond acceptors (Lipinski definition) is 5. The van der Waals surface area contributed by atoms with Crippen LogP contribution in [0.2, 0.25) is 5.02 Å². The van der Waals surface area contributed by atoms with Gasteiger partial charge in [0.25, 0.3) is 5.69 Å². The average molecular weight is 369 g/mol. The fourth-order valence-corrected chi connectivity index (χ4v) is 2.66. The van der Waals surface area contributed by atoms with Gasteiger partial charge in [-0.1, -0.05) is 35.0 Å². The number of aryl methyl sites for hydroxylation is 1. The number of non-ortho nitro benzene ring substituents is 1. The SMILES string of the molecule is Cc1onc(-c2ccc([N+](=O)[O-])cc2)c1C(=O)/C=C/c1ccccc1Cl. The third-order valence-electron chi connectivity index (χ3n) is 3.78. The van der Waals surface area contributed by atoms with E-state index in [1.165, 1.54) is 30.3 Å². The van der Waals surface area contributed by atoms with E-state index in [0.29, 0.717) is 33.2 Å². The second kappa shape index (κ2) is 7.33. The standard InChI is InChI=1S/C19H13ClN2O4/c1-12-18(17(23)11-8-13-4-2-3-5-16(13)20)19(21-26-12)14-6-9-15(10-7-14)22(24)25/h2-11H,1H3/b11-8+. The highest BCUT2D eigenvalue weighted by Crippen LogP contribution is 2.28. The van der Waals surface area contributed by atoms with Crippen molar-refractivity contribution in [2.75, 3.05) is 0 Å². The molecule has 1 heterocycles. The Hall–Kier alpha value is -3.25. The number of nitro benzene ring substituents is 1. The summed E-state index contributed by atoms with van der Waals surface area (Å²) in [7, 11) is 0. The summed E-state index contributed by atoms with van der Waals surface area (Å²) >= 11 is 6.08. The lowest BCUT2D eigenvalue weighted by Crippen LogP contribution is -1.98. The van der Waals surface area contributed by atoms with Crippen LogP contribution in [0.1, 0.15) is 21.7 Å². The molecule has 0 fully saturated rings. The third kappa shape index (κ3) is 3.55. The van der Waals surface area contributed by atoms with E-state index in [1.54, 1.807) is 31.2 Å². The van der Waals surface area contributed by atoms with Crippen molar-refractivity contribution < 1.29 is 14.2 Å². The molecule has 0 atom stereocenters. The molecule has 0 amide bonds. The van der Waals surface area contributed by atoms with Crippen LogP contribution in [0.15, 0.2) is 59.1 Å². The normalized spacial score (nSPS) is 11.0. The summed E-state index contributed by atoms with van der Waals surface area (Å²) in [4.78, 5) is 22.9. The van der Waals surface area contributed by atoms with Gasteiger partial charge in [-0.15, -0.1) is 0 Å². The molecule has 3 aromatic rings. The summed E-state index contributed by atoms with van der Waals surface area (Å²) in [6.07, 6.45) is 3.02. The van der Waals surface area contributed by atoms with Crippen molar-refractivity contribution >= 4 is 29.1 Å². The summed E-state index contributed by atoms with van der Waals surface area (Å²) in [6, 6.07) is 12.9. The van der Waals surface area contributed by atoms with E-state index in [1.807, 2.05) is 6.07 Å². The first-order valence-corrected chi connectivity index (χ1v) is 8.03. The van der Waals surface area contributed by atoms with Crippen LogP contribution in [0.25, 0.3) is 17.3 Å². The van der Waals surface area contributed by atoms with Crippen LogP contribution in [0, 0.1) is 17.0 Å². The summed E-state index contributed by atoms with van der Waals surface area (Å²) in [5.41, 5.74) is 1.88. The van der Waals surface area contributed by atoms with Gasteiger partial charge in [-0.05, 0) is 42.8 Å². The minimum atomic E-state index is -0.490. The first-order valence-electron chi connectivity index (χ1n) is 7.65. The molecule has 0 aliphatic heterocycles. The van der Waals surface area contributed by atoms with Gasteiger partial charge in [0.05, 0.1) is 10.5 Å². The van der Waals surface area contributed by atoms with E-state index in [9.17, 15) is 14.9 Å². The maximum absolute atomic E-state index is 12.6. The number of carbonyl (C=O) groups excluding carboxylic acids is 1. The number of carbonyl (C=O) groups is 1. The van der Waals surface area contributed by atoms with Crippen LogP contribution in [0.3, 0.4) is 0 Å². The molecule has 130 valence electrons. The van der Waals surface area contributed by atoms with Crippen molar-refractivity contribution in [3.63, 3.8) is 0 Å². The fourth-order valence-electron chi connectivity index (χ4n) is 2.46. The second-order valence-corrected chi connectivity index (χ2v) is 5.89. The molecule has 2 aromatic carbocycles. The average Bonchev–Trinajstić information content (AvgIpc) is 3.02. The maximum Gasteiger partial charge on any atom is 0.269 e. The molecule has 3 rings (SSSR count). The van der Waals surface area contributed by atoms with Crippen LogP contribution in [-0.2, 0) is 0 Å². The lowest BCUT2D eigenvalue weighted by atomic mass is 10.0. The van der Waals surface area contributed by atoms with Crippen molar-refractivity contribution in [2.45, 2.75) is 6.92 Å². The molecule has 0 radical (unpaired) electrons. The van der Waals surface area contributed by atoms with E-state index in [4.69, 9.17) is 16.1 Å². The van der Waals surface area contributed by atoms with Gasteiger partial charge in [-0.25, -0.2) is 0 Å². The molecule has 1 aromatic heterocycles. The molecular weight excluding hydrogens is 356 g/mol. The van der Waals surface area contributed by atoms with Gasteiger partial charge >= 0.3 is 0 Å².